The van der Waals surface area contributed by atoms with Crippen molar-refractivity contribution >= 4 is 17.6 Å². The third-order valence-corrected chi connectivity index (χ3v) is 5.95. The van der Waals surface area contributed by atoms with E-state index in [2.05, 4.69) is 17.4 Å². The number of ether oxygens (including phenoxy) is 2. The molecule has 2 aliphatic heterocycles. The molecule has 3 N–H and O–H groups in total. The molecule has 6 heteroatoms. The lowest BCUT2D eigenvalue weighted by molar-refractivity contribution is 0.0531. The van der Waals surface area contributed by atoms with E-state index in [-0.39, 0.29) is 11.5 Å². The van der Waals surface area contributed by atoms with E-state index in [0.29, 0.717) is 19.1 Å². The summed E-state index contributed by atoms with van der Waals surface area (Å²) in [5, 5.41) is 4.13. The Bertz CT molecular complexity index is 849. The average Bonchev–Trinajstić information content (AvgIpc) is 2.73. The minimum Gasteiger partial charge on any atom is -0.493 e. The standard InChI is InChI=1S/C22H26ClN3O2/c23-17-5-3-4-16(14-17)22(9-12-27-13-10-22)15-25-21(24)26-19-8-11-28-20-7-2-1-6-18(19)20/h1-7,14,19H,8-13,15H2,(H3,24,25,26). The second kappa shape index (κ2) is 8.41. The van der Waals surface area contributed by atoms with Crippen LogP contribution in [0, 0.1) is 0 Å². The van der Waals surface area contributed by atoms with Crippen LogP contribution in [0.15, 0.2) is 53.5 Å². The zero-order valence-corrected chi connectivity index (χ0v) is 16.6. The second-order valence-corrected chi connectivity index (χ2v) is 7.91. The highest BCUT2D eigenvalue weighted by Gasteiger charge is 2.34. The number of guanidine groups is 1. The van der Waals surface area contributed by atoms with Gasteiger partial charge in [0.2, 0.25) is 0 Å². The van der Waals surface area contributed by atoms with Crippen molar-refractivity contribution < 1.29 is 9.47 Å². The smallest absolute Gasteiger partial charge is 0.189 e. The number of para-hydroxylation sites is 1. The van der Waals surface area contributed by atoms with E-state index in [1.807, 2.05) is 36.4 Å². The topological polar surface area (TPSA) is 68.9 Å². The highest BCUT2D eigenvalue weighted by atomic mass is 35.5. The first-order chi connectivity index (χ1) is 13.7. The molecular weight excluding hydrogens is 374 g/mol. The highest BCUT2D eigenvalue weighted by molar-refractivity contribution is 6.30. The number of rotatable bonds is 4. The molecule has 2 aromatic carbocycles. The van der Waals surface area contributed by atoms with Crippen molar-refractivity contribution in [3.8, 4) is 5.75 Å². The third-order valence-electron chi connectivity index (χ3n) is 5.72. The average molecular weight is 400 g/mol. The van der Waals surface area contributed by atoms with Gasteiger partial charge >= 0.3 is 0 Å². The summed E-state index contributed by atoms with van der Waals surface area (Å²) in [6.07, 6.45) is 2.68. The first kappa shape index (κ1) is 19.1. The van der Waals surface area contributed by atoms with Gasteiger partial charge in [0, 0.05) is 35.6 Å². The molecule has 0 bridgehead atoms. The molecule has 0 saturated carbocycles. The summed E-state index contributed by atoms with van der Waals surface area (Å²) < 4.78 is 11.3. The van der Waals surface area contributed by atoms with Crippen LogP contribution in [0.2, 0.25) is 5.02 Å². The molecule has 0 spiro atoms. The molecule has 0 amide bonds. The van der Waals surface area contributed by atoms with Crippen molar-refractivity contribution in [2.75, 3.05) is 26.4 Å². The lowest BCUT2D eigenvalue weighted by atomic mass is 9.74. The largest absolute Gasteiger partial charge is 0.493 e. The van der Waals surface area contributed by atoms with Crippen molar-refractivity contribution in [3.63, 3.8) is 0 Å². The zero-order valence-electron chi connectivity index (χ0n) is 15.9. The molecule has 4 rings (SSSR count). The Morgan fingerprint density at radius 1 is 1.14 bits per heavy atom. The fraction of sp³-hybridized carbons (Fsp3) is 0.409. The zero-order chi connectivity index (χ0) is 19.4. The number of aliphatic imine (C=N–C) groups is 1. The number of nitrogens with zero attached hydrogens (tertiary/aromatic N) is 1. The molecule has 2 aromatic rings. The second-order valence-electron chi connectivity index (χ2n) is 7.48. The van der Waals surface area contributed by atoms with E-state index < -0.39 is 0 Å². The van der Waals surface area contributed by atoms with Crippen molar-refractivity contribution in [2.45, 2.75) is 30.7 Å². The van der Waals surface area contributed by atoms with Gasteiger partial charge in [-0.15, -0.1) is 0 Å². The Morgan fingerprint density at radius 2 is 1.96 bits per heavy atom. The Hall–Kier alpha value is -2.24. The van der Waals surface area contributed by atoms with Crippen LogP contribution in [0.1, 0.15) is 36.4 Å². The fourth-order valence-corrected chi connectivity index (χ4v) is 4.26. The lowest BCUT2D eigenvalue weighted by Gasteiger charge is -2.37. The molecule has 5 nitrogen and oxygen atoms in total. The van der Waals surface area contributed by atoms with Gasteiger partial charge in [-0.25, -0.2) is 0 Å². The predicted octanol–water partition coefficient (Wildman–Crippen LogP) is 3.82. The van der Waals surface area contributed by atoms with Crippen molar-refractivity contribution in [1.82, 2.24) is 5.32 Å². The van der Waals surface area contributed by atoms with E-state index >= 15 is 0 Å². The van der Waals surface area contributed by atoms with Crippen molar-refractivity contribution in [3.05, 3.63) is 64.7 Å². The molecule has 28 heavy (non-hydrogen) atoms. The van der Waals surface area contributed by atoms with Crippen molar-refractivity contribution in [1.29, 1.82) is 0 Å². The molecule has 1 unspecified atom stereocenters. The van der Waals surface area contributed by atoms with Crippen LogP contribution >= 0.6 is 11.6 Å². The Morgan fingerprint density at radius 3 is 2.79 bits per heavy atom. The van der Waals surface area contributed by atoms with Crippen LogP contribution in [0.25, 0.3) is 0 Å². The number of nitrogens with two attached hydrogens (primary N) is 1. The minimum absolute atomic E-state index is 0.0942. The van der Waals surface area contributed by atoms with Crippen LogP contribution in [0.5, 0.6) is 5.75 Å². The van der Waals surface area contributed by atoms with Gasteiger partial charge in [0.15, 0.2) is 5.96 Å². The van der Waals surface area contributed by atoms with Gasteiger partial charge in [-0.05, 0) is 36.6 Å². The summed E-state index contributed by atoms with van der Waals surface area (Å²) >= 11 is 6.25. The normalized spacial score (nSPS) is 21.5. The molecule has 0 aliphatic carbocycles. The fourth-order valence-electron chi connectivity index (χ4n) is 4.07. The van der Waals surface area contributed by atoms with E-state index in [9.17, 15) is 0 Å². The maximum atomic E-state index is 6.29. The SMILES string of the molecule is NC(=NCC1(c2cccc(Cl)c2)CCOCC1)NC1CCOc2ccccc21. The van der Waals surface area contributed by atoms with Gasteiger partial charge in [0.1, 0.15) is 5.75 Å². The summed E-state index contributed by atoms with van der Waals surface area (Å²) in [5.41, 5.74) is 8.52. The Balaban J connectivity index is 1.51. The van der Waals surface area contributed by atoms with E-state index in [1.165, 1.54) is 5.56 Å². The summed E-state index contributed by atoms with van der Waals surface area (Å²) in [6.45, 7) is 2.73. The molecule has 148 valence electrons. The number of fused-ring (bicyclic) bond motifs is 1. The molecular formula is C22H26ClN3O2. The van der Waals surface area contributed by atoms with Gasteiger partial charge in [-0.1, -0.05) is 41.9 Å². The Labute approximate surface area is 170 Å². The van der Waals surface area contributed by atoms with Gasteiger partial charge < -0.3 is 20.5 Å². The number of hydrogen-bond acceptors (Lipinski definition) is 3. The van der Waals surface area contributed by atoms with Crippen molar-refractivity contribution in [2.24, 2.45) is 10.7 Å². The van der Waals surface area contributed by atoms with Crippen LogP contribution in [0.4, 0.5) is 0 Å². The van der Waals surface area contributed by atoms with Crippen LogP contribution < -0.4 is 15.8 Å². The van der Waals surface area contributed by atoms with Crippen LogP contribution in [-0.2, 0) is 10.2 Å². The third kappa shape index (κ3) is 4.10. The summed E-state index contributed by atoms with van der Waals surface area (Å²) in [5.74, 6) is 1.38. The molecule has 2 heterocycles. The first-order valence-electron chi connectivity index (χ1n) is 9.78. The van der Waals surface area contributed by atoms with Crippen LogP contribution in [0.3, 0.4) is 0 Å². The summed E-state index contributed by atoms with van der Waals surface area (Å²) in [7, 11) is 0. The Kier molecular flexibility index (Phi) is 5.74. The monoisotopic (exact) mass is 399 g/mol. The predicted molar refractivity (Wildman–Crippen MR) is 112 cm³/mol. The quantitative estimate of drug-likeness (QED) is 0.605. The summed E-state index contributed by atoms with van der Waals surface area (Å²) in [6, 6.07) is 16.3. The number of hydrogen-bond donors (Lipinski definition) is 2. The van der Waals surface area contributed by atoms with Gasteiger partial charge in [-0.3, -0.25) is 4.99 Å². The molecule has 1 saturated heterocycles. The van der Waals surface area contributed by atoms with E-state index in [4.69, 9.17) is 31.8 Å². The highest BCUT2D eigenvalue weighted by Crippen LogP contribution is 2.36. The molecule has 0 radical (unpaired) electrons. The number of benzene rings is 2. The number of halogens is 1. The maximum Gasteiger partial charge on any atom is 0.189 e. The minimum atomic E-state index is -0.0942. The summed E-state index contributed by atoms with van der Waals surface area (Å²) in [4.78, 5) is 4.74. The maximum absolute atomic E-state index is 6.29. The molecule has 0 aromatic heterocycles. The molecule has 1 atom stereocenters. The first-order valence-corrected chi connectivity index (χ1v) is 10.2. The van der Waals surface area contributed by atoms with E-state index in [1.54, 1.807) is 0 Å². The van der Waals surface area contributed by atoms with Gasteiger partial charge in [0.25, 0.3) is 0 Å². The molecule has 1 fully saturated rings. The van der Waals surface area contributed by atoms with E-state index in [0.717, 1.165) is 48.8 Å². The van der Waals surface area contributed by atoms with Gasteiger partial charge in [-0.2, -0.15) is 0 Å². The molecule has 2 aliphatic rings. The number of nitrogens with one attached hydrogen (secondary N) is 1. The lowest BCUT2D eigenvalue weighted by Crippen LogP contribution is -2.41. The van der Waals surface area contributed by atoms with Crippen LogP contribution in [-0.4, -0.2) is 32.3 Å². The van der Waals surface area contributed by atoms with Gasteiger partial charge in [0.05, 0.1) is 19.2 Å².